The van der Waals surface area contributed by atoms with Crippen LogP contribution in [0, 0.1) is 0 Å². The second-order valence-electron chi connectivity index (χ2n) is 4.83. The Bertz CT molecular complexity index is 499. The Balaban J connectivity index is 1.95. The van der Waals surface area contributed by atoms with Gasteiger partial charge in [-0.1, -0.05) is 12.1 Å². The number of hydrogen-bond acceptors (Lipinski definition) is 5. The molecule has 2 rings (SSSR count). The van der Waals surface area contributed by atoms with E-state index in [0.717, 1.165) is 12.0 Å². The molecule has 0 bridgehead atoms. The molecule has 1 heterocycles. The summed E-state index contributed by atoms with van der Waals surface area (Å²) in [6, 6.07) is 6.62. The minimum Gasteiger partial charge on any atom is -0.482 e. The number of benzene rings is 1. The molecule has 2 N–H and O–H groups in total. The van der Waals surface area contributed by atoms with Crippen LogP contribution >= 0.6 is 0 Å². The van der Waals surface area contributed by atoms with Crippen LogP contribution in [0.4, 0.5) is 0 Å². The van der Waals surface area contributed by atoms with Gasteiger partial charge in [0.15, 0.2) is 6.61 Å². The average Bonchev–Trinajstić information content (AvgIpc) is 2.95. The summed E-state index contributed by atoms with van der Waals surface area (Å²) in [5.41, 5.74) is 0.955. The van der Waals surface area contributed by atoms with Gasteiger partial charge in [-0.15, -0.1) is 0 Å². The molecule has 1 aromatic carbocycles. The lowest BCUT2D eigenvalue weighted by Gasteiger charge is -2.16. The first kappa shape index (κ1) is 15.3. The van der Waals surface area contributed by atoms with Crippen LogP contribution in [0.1, 0.15) is 24.8 Å². The molecular weight excluding hydrogens is 274 g/mol. The van der Waals surface area contributed by atoms with E-state index in [-0.39, 0.29) is 12.5 Å². The Hall–Kier alpha value is -2.08. The van der Waals surface area contributed by atoms with Gasteiger partial charge in [-0.3, -0.25) is 4.79 Å². The minimum absolute atomic E-state index is 0.0402. The maximum absolute atomic E-state index is 11.2. The van der Waals surface area contributed by atoms with E-state index in [1.807, 2.05) is 12.1 Å². The highest BCUT2D eigenvalue weighted by Crippen LogP contribution is 2.29. The Labute approximate surface area is 123 Å². The number of carboxylic acid groups (broad SMARTS) is 1. The third-order valence-electron chi connectivity index (χ3n) is 3.46. The number of nitrogens with one attached hydrogen (secondary N) is 1. The first-order chi connectivity index (χ1) is 10.1. The Morgan fingerprint density at radius 1 is 1.33 bits per heavy atom. The maximum Gasteiger partial charge on any atom is 0.344 e. The molecule has 2 atom stereocenters. The van der Waals surface area contributed by atoms with Crippen molar-refractivity contribution in [3.8, 4) is 5.75 Å². The van der Waals surface area contributed by atoms with Crippen molar-refractivity contribution < 1.29 is 24.2 Å². The van der Waals surface area contributed by atoms with Gasteiger partial charge in [0.25, 0.3) is 0 Å². The molecule has 6 heteroatoms. The van der Waals surface area contributed by atoms with Crippen LogP contribution in [0.3, 0.4) is 0 Å². The molecule has 0 aliphatic carbocycles. The van der Waals surface area contributed by atoms with E-state index in [4.69, 9.17) is 14.6 Å². The Kier molecular flexibility index (Phi) is 5.16. The van der Waals surface area contributed by atoms with E-state index >= 15 is 0 Å². The fourth-order valence-corrected chi connectivity index (χ4v) is 2.48. The zero-order chi connectivity index (χ0) is 15.2. The highest BCUT2D eigenvalue weighted by atomic mass is 16.6. The van der Waals surface area contributed by atoms with Crippen LogP contribution in [0.2, 0.25) is 0 Å². The molecule has 0 amide bonds. The number of carbonyl (C=O) groups is 2. The molecule has 1 unspecified atom stereocenters. The molecule has 1 aromatic rings. The lowest BCUT2D eigenvalue weighted by Crippen LogP contribution is -2.34. The van der Waals surface area contributed by atoms with Crippen molar-refractivity contribution >= 4 is 11.9 Å². The monoisotopic (exact) mass is 293 g/mol. The smallest absolute Gasteiger partial charge is 0.344 e. The zero-order valence-corrected chi connectivity index (χ0v) is 11.9. The first-order valence-electron chi connectivity index (χ1n) is 6.96. The first-order valence-corrected chi connectivity index (χ1v) is 6.96. The van der Waals surface area contributed by atoms with E-state index < -0.39 is 18.0 Å². The summed E-state index contributed by atoms with van der Waals surface area (Å²) >= 11 is 0. The second-order valence-corrected chi connectivity index (χ2v) is 4.83. The normalized spacial score (nSPS) is 21.0. The van der Waals surface area contributed by atoms with E-state index in [1.54, 1.807) is 19.1 Å². The van der Waals surface area contributed by atoms with Gasteiger partial charge in [-0.05, 0) is 37.6 Å². The van der Waals surface area contributed by atoms with Crippen molar-refractivity contribution in [2.75, 3.05) is 19.8 Å². The van der Waals surface area contributed by atoms with Crippen LogP contribution in [-0.2, 0) is 14.3 Å². The molecule has 6 nitrogen and oxygen atoms in total. The molecule has 0 radical (unpaired) electrons. The van der Waals surface area contributed by atoms with E-state index in [2.05, 4.69) is 5.32 Å². The number of carbonyl (C=O) groups excluding carboxylic acids is 1. The van der Waals surface area contributed by atoms with Crippen molar-refractivity contribution in [3.63, 3.8) is 0 Å². The summed E-state index contributed by atoms with van der Waals surface area (Å²) < 4.78 is 10.1. The summed E-state index contributed by atoms with van der Waals surface area (Å²) in [6.45, 7) is 2.63. The van der Waals surface area contributed by atoms with Gasteiger partial charge in [0.05, 0.1) is 6.61 Å². The third-order valence-corrected chi connectivity index (χ3v) is 3.46. The highest BCUT2D eigenvalue weighted by molar-refractivity contribution is 5.75. The van der Waals surface area contributed by atoms with Crippen molar-refractivity contribution in [1.82, 2.24) is 5.32 Å². The molecular formula is C15H19NO5. The van der Waals surface area contributed by atoms with E-state index in [1.165, 1.54) is 0 Å². The number of ether oxygens (including phenoxy) is 2. The third kappa shape index (κ3) is 3.95. The van der Waals surface area contributed by atoms with E-state index in [0.29, 0.717) is 18.9 Å². The lowest BCUT2D eigenvalue weighted by molar-refractivity contribution is -0.145. The fraction of sp³-hybridized carbons (Fsp3) is 0.467. The van der Waals surface area contributed by atoms with Gasteiger partial charge in [0.2, 0.25) is 0 Å². The summed E-state index contributed by atoms with van der Waals surface area (Å²) in [4.78, 5) is 22.3. The Morgan fingerprint density at radius 2 is 2.05 bits per heavy atom. The van der Waals surface area contributed by atoms with Crippen LogP contribution in [0.25, 0.3) is 0 Å². The van der Waals surface area contributed by atoms with Crippen molar-refractivity contribution in [2.45, 2.75) is 25.3 Å². The van der Waals surface area contributed by atoms with Gasteiger partial charge >= 0.3 is 11.9 Å². The quantitative estimate of drug-likeness (QED) is 0.766. The zero-order valence-electron chi connectivity index (χ0n) is 11.9. The molecule has 0 aromatic heterocycles. The summed E-state index contributed by atoms with van der Waals surface area (Å²) in [5.74, 6) is -0.723. The number of hydrogen-bond donors (Lipinski definition) is 2. The molecule has 114 valence electrons. The van der Waals surface area contributed by atoms with Gasteiger partial charge in [-0.2, -0.15) is 0 Å². The molecule has 0 spiro atoms. The lowest BCUT2D eigenvalue weighted by atomic mass is 9.92. The van der Waals surface area contributed by atoms with Crippen molar-refractivity contribution in [1.29, 1.82) is 0 Å². The molecule has 1 aliphatic heterocycles. The fourth-order valence-electron chi connectivity index (χ4n) is 2.48. The van der Waals surface area contributed by atoms with E-state index in [9.17, 15) is 9.59 Å². The molecule has 1 saturated heterocycles. The van der Waals surface area contributed by atoms with Gasteiger partial charge in [0, 0.05) is 5.92 Å². The largest absolute Gasteiger partial charge is 0.482 e. The van der Waals surface area contributed by atoms with Crippen LogP contribution in [-0.4, -0.2) is 42.8 Å². The van der Waals surface area contributed by atoms with Crippen LogP contribution < -0.4 is 10.1 Å². The second kappa shape index (κ2) is 7.08. The maximum atomic E-state index is 11.2. The number of rotatable bonds is 6. The topological polar surface area (TPSA) is 84.9 Å². The van der Waals surface area contributed by atoms with Gasteiger partial charge < -0.3 is 19.9 Å². The molecule has 1 fully saturated rings. The standard InChI is InChI=1S/C15H19NO5/c1-2-20-13(17)9-21-11-5-3-10(4-6-11)12-7-8-16-14(12)15(18)19/h3-6,12,14,16H,2,7-9H2,1H3,(H,18,19)/t12?,14-/m0/s1. The minimum atomic E-state index is -0.833. The van der Waals surface area contributed by atoms with Gasteiger partial charge in [-0.25, -0.2) is 4.79 Å². The summed E-state index contributed by atoms with van der Waals surface area (Å²) in [5, 5.41) is 12.1. The summed E-state index contributed by atoms with van der Waals surface area (Å²) in [7, 11) is 0. The SMILES string of the molecule is CCOC(=O)COc1ccc(C2CCN[C@@H]2C(=O)O)cc1. The predicted octanol–water partition coefficient (Wildman–Crippen LogP) is 1.16. The molecule has 0 saturated carbocycles. The molecule has 21 heavy (non-hydrogen) atoms. The number of carboxylic acids is 1. The van der Waals surface area contributed by atoms with Crippen LogP contribution in [0.15, 0.2) is 24.3 Å². The summed E-state index contributed by atoms with van der Waals surface area (Å²) in [6.07, 6.45) is 0.792. The van der Waals surface area contributed by atoms with Crippen molar-refractivity contribution in [3.05, 3.63) is 29.8 Å². The van der Waals surface area contributed by atoms with Crippen molar-refractivity contribution in [2.24, 2.45) is 0 Å². The molecule has 1 aliphatic rings. The average molecular weight is 293 g/mol. The van der Waals surface area contributed by atoms with Gasteiger partial charge in [0.1, 0.15) is 11.8 Å². The number of aliphatic carboxylic acids is 1. The Morgan fingerprint density at radius 3 is 2.67 bits per heavy atom. The van der Waals surface area contributed by atoms with Crippen LogP contribution in [0.5, 0.6) is 5.75 Å². The predicted molar refractivity (Wildman–Crippen MR) is 75.4 cm³/mol. The highest BCUT2D eigenvalue weighted by Gasteiger charge is 2.33. The number of esters is 1.